The van der Waals surface area contributed by atoms with E-state index >= 15 is 0 Å². The van der Waals surface area contributed by atoms with Gasteiger partial charge < -0.3 is 22.1 Å². The molecule has 2 aromatic carbocycles. The first-order valence-electron chi connectivity index (χ1n) is 10.4. The fraction of sp³-hybridized carbons (Fsp3) is 0.208. The van der Waals surface area contributed by atoms with Crippen molar-refractivity contribution in [2.45, 2.75) is 32.0 Å². The van der Waals surface area contributed by atoms with Crippen LogP contribution in [-0.2, 0) is 13.1 Å². The maximum Gasteiger partial charge on any atom is 0.257 e. The number of hydrogen-bond donors (Lipinski definition) is 4. The second-order valence-electron chi connectivity index (χ2n) is 7.72. The third kappa shape index (κ3) is 4.82. The number of nitrogens with one attached hydrogen (secondary N) is 2. The summed E-state index contributed by atoms with van der Waals surface area (Å²) in [6, 6.07) is 13.4. The number of amides is 2. The molecule has 8 heteroatoms. The lowest BCUT2D eigenvalue weighted by atomic mass is 9.99. The quantitative estimate of drug-likeness (QED) is 0.456. The molecule has 0 atom stereocenters. The van der Waals surface area contributed by atoms with Crippen LogP contribution in [0.1, 0.15) is 44.7 Å². The van der Waals surface area contributed by atoms with Crippen molar-refractivity contribution in [1.29, 1.82) is 0 Å². The predicted octanol–water partition coefficient (Wildman–Crippen LogP) is 2.95. The highest BCUT2D eigenvalue weighted by Crippen LogP contribution is 2.27. The van der Waals surface area contributed by atoms with Gasteiger partial charge in [0.25, 0.3) is 11.8 Å². The van der Waals surface area contributed by atoms with Gasteiger partial charge in [0.05, 0.1) is 11.3 Å². The van der Waals surface area contributed by atoms with E-state index in [2.05, 4.69) is 15.6 Å². The van der Waals surface area contributed by atoms with E-state index in [1.165, 1.54) is 12.3 Å². The van der Waals surface area contributed by atoms with Crippen molar-refractivity contribution in [3.63, 3.8) is 0 Å². The second kappa shape index (κ2) is 9.25. The van der Waals surface area contributed by atoms with Crippen molar-refractivity contribution in [3.05, 3.63) is 82.8 Å². The zero-order valence-corrected chi connectivity index (χ0v) is 17.4. The minimum absolute atomic E-state index is 0.0472. The average molecular weight is 433 g/mol. The van der Waals surface area contributed by atoms with Gasteiger partial charge in [-0.2, -0.15) is 0 Å². The van der Waals surface area contributed by atoms with E-state index < -0.39 is 5.82 Å². The van der Waals surface area contributed by atoms with Crippen LogP contribution in [-0.4, -0.2) is 22.8 Å². The third-order valence-electron chi connectivity index (χ3n) is 5.32. The van der Waals surface area contributed by atoms with Crippen molar-refractivity contribution >= 4 is 17.5 Å². The van der Waals surface area contributed by atoms with Crippen molar-refractivity contribution in [2.75, 3.05) is 5.32 Å². The number of halogens is 1. The lowest BCUT2D eigenvalue weighted by Gasteiger charge is -2.12. The summed E-state index contributed by atoms with van der Waals surface area (Å²) < 4.78 is 14.7. The Hall–Kier alpha value is -3.62. The summed E-state index contributed by atoms with van der Waals surface area (Å²) in [6.45, 7) is 0.378. The number of hydrogen-bond acceptors (Lipinski definition) is 5. The first-order valence-corrected chi connectivity index (χ1v) is 10.4. The van der Waals surface area contributed by atoms with Crippen LogP contribution in [0.2, 0.25) is 0 Å². The summed E-state index contributed by atoms with van der Waals surface area (Å²) in [4.78, 5) is 29.3. The van der Waals surface area contributed by atoms with Gasteiger partial charge in [-0.05, 0) is 54.8 Å². The monoisotopic (exact) mass is 433 g/mol. The number of carbonyl (C=O) groups excluding carboxylic acids is 2. The Morgan fingerprint density at radius 2 is 1.72 bits per heavy atom. The Bertz CT molecular complexity index is 1140. The molecule has 0 bridgehead atoms. The lowest BCUT2D eigenvalue weighted by molar-refractivity contribution is 0.0949. The van der Waals surface area contributed by atoms with Gasteiger partial charge in [-0.1, -0.05) is 12.1 Å². The number of rotatable bonds is 7. The largest absolute Gasteiger partial charge is 0.349 e. The number of benzene rings is 2. The standard InChI is InChI=1S/C24H24FN5O2/c25-21-10-16(24(32)30-18-6-7-18)9-19(20(21)12-27)22-8-3-15(13-28-22)23(31)29-17-4-1-14(11-26)2-5-17/h1-5,8-10,13,18H,6-7,11-12,26-27H2,(H,29,31)(H,30,32). The van der Waals surface area contributed by atoms with Crippen LogP contribution in [0.4, 0.5) is 10.1 Å². The van der Waals surface area contributed by atoms with E-state index in [9.17, 15) is 14.0 Å². The molecule has 0 radical (unpaired) electrons. The van der Waals surface area contributed by atoms with Crippen LogP contribution in [0, 0.1) is 5.82 Å². The van der Waals surface area contributed by atoms with E-state index in [0.29, 0.717) is 29.1 Å². The molecule has 3 aromatic rings. The molecule has 1 aliphatic rings. The van der Waals surface area contributed by atoms with Gasteiger partial charge in [-0.3, -0.25) is 14.6 Å². The smallest absolute Gasteiger partial charge is 0.257 e. The van der Waals surface area contributed by atoms with Gasteiger partial charge in [-0.15, -0.1) is 0 Å². The van der Waals surface area contributed by atoms with E-state index in [0.717, 1.165) is 18.4 Å². The van der Waals surface area contributed by atoms with Gasteiger partial charge in [0.2, 0.25) is 0 Å². The highest BCUT2D eigenvalue weighted by Gasteiger charge is 2.25. The number of nitrogens with two attached hydrogens (primary N) is 2. The molecule has 1 heterocycles. The number of nitrogens with zero attached hydrogens (tertiary/aromatic N) is 1. The van der Waals surface area contributed by atoms with Gasteiger partial charge in [0.15, 0.2) is 0 Å². The zero-order chi connectivity index (χ0) is 22.7. The minimum atomic E-state index is -0.560. The molecule has 0 saturated heterocycles. The van der Waals surface area contributed by atoms with Gasteiger partial charge in [-0.25, -0.2) is 4.39 Å². The Kier molecular flexibility index (Phi) is 6.25. The molecule has 4 rings (SSSR count). The number of aromatic nitrogens is 1. The summed E-state index contributed by atoms with van der Waals surface area (Å²) in [6.07, 6.45) is 3.28. The number of anilines is 1. The lowest BCUT2D eigenvalue weighted by Crippen LogP contribution is -2.25. The van der Waals surface area contributed by atoms with Crippen LogP contribution < -0.4 is 22.1 Å². The van der Waals surface area contributed by atoms with Crippen LogP contribution in [0.5, 0.6) is 0 Å². The maximum absolute atomic E-state index is 14.7. The molecule has 0 unspecified atom stereocenters. The second-order valence-corrected chi connectivity index (χ2v) is 7.72. The van der Waals surface area contributed by atoms with Gasteiger partial charge >= 0.3 is 0 Å². The molecule has 32 heavy (non-hydrogen) atoms. The third-order valence-corrected chi connectivity index (χ3v) is 5.32. The van der Waals surface area contributed by atoms with Gasteiger partial charge in [0.1, 0.15) is 5.82 Å². The van der Waals surface area contributed by atoms with Crippen LogP contribution >= 0.6 is 0 Å². The zero-order valence-electron chi connectivity index (χ0n) is 17.4. The Labute approximate surface area is 185 Å². The SMILES string of the molecule is NCc1ccc(NC(=O)c2ccc(-c3cc(C(=O)NC4CC4)cc(F)c3CN)nc2)cc1. The molecule has 1 aliphatic carbocycles. The summed E-state index contributed by atoms with van der Waals surface area (Å²) in [5.74, 6) is -1.21. The van der Waals surface area contributed by atoms with Crippen molar-refractivity contribution in [2.24, 2.45) is 11.5 Å². The van der Waals surface area contributed by atoms with Gasteiger partial charge in [0, 0.05) is 47.7 Å². The first-order chi connectivity index (χ1) is 15.5. The van der Waals surface area contributed by atoms with Crippen LogP contribution in [0.15, 0.2) is 54.7 Å². The molecule has 164 valence electrons. The van der Waals surface area contributed by atoms with E-state index in [1.807, 2.05) is 12.1 Å². The highest BCUT2D eigenvalue weighted by molar-refractivity contribution is 6.04. The summed E-state index contributed by atoms with van der Waals surface area (Å²) >= 11 is 0. The predicted molar refractivity (Wildman–Crippen MR) is 120 cm³/mol. The summed E-state index contributed by atoms with van der Waals surface area (Å²) in [5.41, 5.74) is 14.6. The van der Waals surface area contributed by atoms with E-state index in [1.54, 1.807) is 30.3 Å². The summed E-state index contributed by atoms with van der Waals surface area (Å²) in [7, 11) is 0. The Balaban J connectivity index is 1.56. The molecule has 7 nitrogen and oxygen atoms in total. The maximum atomic E-state index is 14.7. The highest BCUT2D eigenvalue weighted by atomic mass is 19.1. The molecule has 1 aromatic heterocycles. The first kappa shape index (κ1) is 21.6. The Morgan fingerprint density at radius 1 is 0.969 bits per heavy atom. The molecule has 2 amide bonds. The minimum Gasteiger partial charge on any atom is -0.349 e. The molecule has 0 spiro atoms. The van der Waals surface area contributed by atoms with Crippen molar-refractivity contribution in [1.82, 2.24) is 10.3 Å². The molecule has 6 N–H and O–H groups in total. The van der Waals surface area contributed by atoms with E-state index in [4.69, 9.17) is 11.5 Å². The summed E-state index contributed by atoms with van der Waals surface area (Å²) in [5, 5.41) is 5.65. The molecular formula is C24H24FN5O2. The van der Waals surface area contributed by atoms with Crippen LogP contribution in [0.3, 0.4) is 0 Å². The van der Waals surface area contributed by atoms with Crippen molar-refractivity contribution in [3.8, 4) is 11.3 Å². The molecule has 1 saturated carbocycles. The van der Waals surface area contributed by atoms with Crippen LogP contribution in [0.25, 0.3) is 11.3 Å². The fourth-order valence-electron chi connectivity index (χ4n) is 3.31. The molecule has 1 fully saturated rings. The molecular weight excluding hydrogens is 409 g/mol. The fourth-order valence-corrected chi connectivity index (χ4v) is 3.31. The normalized spacial score (nSPS) is 13.0. The Morgan fingerprint density at radius 3 is 2.31 bits per heavy atom. The van der Waals surface area contributed by atoms with Crippen molar-refractivity contribution < 1.29 is 14.0 Å². The number of carbonyl (C=O) groups is 2. The topological polar surface area (TPSA) is 123 Å². The molecule has 0 aliphatic heterocycles. The number of pyridine rings is 1. The van der Waals surface area contributed by atoms with E-state index in [-0.39, 0.29) is 35.5 Å². The average Bonchev–Trinajstić information content (AvgIpc) is 3.63.